The number of nitrogens with one attached hydrogen (secondary N) is 1. The van der Waals surface area contributed by atoms with E-state index in [2.05, 4.69) is 5.32 Å². The highest BCUT2D eigenvalue weighted by Crippen LogP contribution is 2.38. The maximum absolute atomic E-state index is 12.6. The molecule has 29 heavy (non-hydrogen) atoms. The molecule has 0 unspecified atom stereocenters. The Morgan fingerprint density at radius 3 is 2.24 bits per heavy atom. The molecule has 0 radical (unpaired) electrons. The number of carbonyl (C=O) groups excluding carboxylic acids is 4. The normalized spacial score (nSPS) is 15.3. The Labute approximate surface area is 179 Å². The molecule has 1 aliphatic carbocycles. The second-order valence-electron chi connectivity index (χ2n) is 6.84. The fourth-order valence-corrected chi connectivity index (χ4v) is 5.29. The first-order valence-corrected chi connectivity index (χ1v) is 10.4. The molecule has 0 atom stereocenters. The number of rotatable bonds is 4. The number of hydrogen-bond donors (Lipinski definition) is 2. The molecule has 150 valence electrons. The maximum Gasteiger partial charge on any atom is 0.262 e. The number of amides is 4. The van der Waals surface area contributed by atoms with Crippen LogP contribution in [0.25, 0.3) is 0 Å². The van der Waals surface area contributed by atoms with E-state index in [1.54, 1.807) is 0 Å². The highest BCUT2D eigenvalue weighted by molar-refractivity contribution is 7.17. The summed E-state index contributed by atoms with van der Waals surface area (Å²) in [6, 6.07) is 2.63. The minimum absolute atomic E-state index is 0.0987. The highest BCUT2D eigenvalue weighted by Gasteiger charge is 2.37. The van der Waals surface area contributed by atoms with Gasteiger partial charge < -0.3 is 11.1 Å². The Morgan fingerprint density at radius 2 is 1.66 bits per heavy atom. The van der Waals surface area contributed by atoms with Crippen molar-refractivity contribution in [2.24, 2.45) is 5.73 Å². The molecule has 7 nitrogen and oxygen atoms in total. The van der Waals surface area contributed by atoms with Gasteiger partial charge in [0.05, 0.1) is 26.7 Å². The summed E-state index contributed by atoms with van der Waals surface area (Å²) >= 11 is 13.2. The lowest BCUT2D eigenvalue weighted by Gasteiger charge is -2.13. The van der Waals surface area contributed by atoms with Crippen LogP contribution in [-0.2, 0) is 17.6 Å². The van der Waals surface area contributed by atoms with Gasteiger partial charge in [-0.15, -0.1) is 11.3 Å². The predicted molar refractivity (Wildman–Crippen MR) is 110 cm³/mol. The Bertz CT molecular complexity index is 1050. The van der Waals surface area contributed by atoms with E-state index in [0.717, 1.165) is 41.0 Å². The molecule has 4 rings (SSSR count). The van der Waals surface area contributed by atoms with Crippen LogP contribution in [0.15, 0.2) is 12.1 Å². The number of hydrogen-bond acceptors (Lipinski definition) is 5. The number of benzene rings is 1. The molecule has 2 aromatic rings. The van der Waals surface area contributed by atoms with Gasteiger partial charge in [-0.1, -0.05) is 23.2 Å². The molecule has 1 aliphatic heterocycles. The van der Waals surface area contributed by atoms with Crippen molar-refractivity contribution in [2.45, 2.75) is 25.7 Å². The fourth-order valence-electron chi connectivity index (χ4n) is 3.65. The molecular weight excluding hydrogens is 437 g/mol. The molecule has 4 amide bonds. The Morgan fingerprint density at radius 1 is 1.07 bits per heavy atom. The number of aryl methyl sites for hydroxylation is 1. The Balaban J connectivity index is 1.56. The van der Waals surface area contributed by atoms with E-state index < -0.39 is 30.2 Å². The molecular formula is C19H15Cl2N3O4S. The summed E-state index contributed by atoms with van der Waals surface area (Å²) in [5, 5.41) is 3.30. The minimum atomic E-state index is -0.626. The van der Waals surface area contributed by atoms with E-state index in [1.807, 2.05) is 0 Å². The second kappa shape index (κ2) is 7.44. The van der Waals surface area contributed by atoms with Crippen LogP contribution in [0, 0.1) is 0 Å². The van der Waals surface area contributed by atoms with E-state index in [4.69, 9.17) is 28.9 Å². The third kappa shape index (κ3) is 3.41. The van der Waals surface area contributed by atoms with Crippen LogP contribution in [0.3, 0.4) is 0 Å². The van der Waals surface area contributed by atoms with Gasteiger partial charge in [-0.3, -0.25) is 24.1 Å². The van der Waals surface area contributed by atoms with Gasteiger partial charge >= 0.3 is 0 Å². The zero-order chi connectivity index (χ0) is 20.9. The number of imide groups is 1. The second-order valence-corrected chi connectivity index (χ2v) is 8.76. The number of primary amides is 1. The molecule has 0 saturated carbocycles. The summed E-state index contributed by atoms with van der Waals surface area (Å²) in [6.07, 6.45) is 3.53. The van der Waals surface area contributed by atoms with Gasteiger partial charge in [-0.05, 0) is 43.4 Å². The number of nitrogens with zero attached hydrogens (tertiary/aromatic N) is 1. The molecule has 0 saturated heterocycles. The average Bonchev–Trinajstić information content (AvgIpc) is 3.13. The molecule has 0 bridgehead atoms. The molecule has 1 aromatic heterocycles. The van der Waals surface area contributed by atoms with Crippen molar-refractivity contribution < 1.29 is 19.2 Å². The van der Waals surface area contributed by atoms with Gasteiger partial charge in [0.25, 0.3) is 17.7 Å². The highest BCUT2D eigenvalue weighted by atomic mass is 35.5. The molecule has 1 aromatic carbocycles. The third-order valence-electron chi connectivity index (χ3n) is 4.98. The summed E-state index contributed by atoms with van der Waals surface area (Å²) in [5.74, 6) is -2.46. The number of anilines is 1. The van der Waals surface area contributed by atoms with Crippen molar-refractivity contribution in [3.05, 3.63) is 49.3 Å². The first-order valence-electron chi connectivity index (χ1n) is 8.87. The van der Waals surface area contributed by atoms with Crippen LogP contribution in [-0.4, -0.2) is 35.1 Å². The Kier molecular flexibility index (Phi) is 5.10. The van der Waals surface area contributed by atoms with E-state index in [9.17, 15) is 19.2 Å². The van der Waals surface area contributed by atoms with Crippen LogP contribution >= 0.6 is 34.5 Å². The lowest BCUT2D eigenvalue weighted by molar-refractivity contribution is -0.116. The first-order chi connectivity index (χ1) is 13.8. The van der Waals surface area contributed by atoms with Gasteiger partial charge in [0.15, 0.2) is 0 Å². The number of halogens is 2. The average molecular weight is 452 g/mol. The lowest BCUT2D eigenvalue weighted by Crippen LogP contribution is -2.37. The zero-order valence-electron chi connectivity index (χ0n) is 15.0. The van der Waals surface area contributed by atoms with Crippen LogP contribution in [0.5, 0.6) is 0 Å². The minimum Gasteiger partial charge on any atom is -0.365 e. The summed E-state index contributed by atoms with van der Waals surface area (Å²) < 4.78 is 0. The summed E-state index contributed by atoms with van der Waals surface area (Å²) in [6.45, 7) is -0.498. The third-order valence-corrected chi connectivity index (χ3v) is 6.91. The molecule has 10 heteroatoms. The van der Waals surface area contributed by atoms with E-state index in [0.29, 0.717) is 10.6 Å². The summed E-state index contributed by atoms with van der Waals surface area (Å²) in [5.41, 5.74) is 6.92. The first kappa shape index (κ1) is 19.9. The Hall–Kier alpha value is -2.42. The van der Waals surface area contributed by atoms with Crippen molar-refractivity contribution in [3.8, 4) is 0 Å². The molecule has 3 N–H and O–H groups in total. The van der Waals surface area contributed by atoms with Gasteiger partial charge in [0, 0.05) is 4.88 Å². The fraction of sp³-hybridized carbons (Fsp3) is 0.263. The number of thiophene rings is 1. The van der Waals surface area contributed by atoms with Gasteiger partial charge in [-0.2, -0.15) is 0 Å². The van der Waals surface area contributed by atoms with Crippen molar-refractivity contribution in [1.82, 2.24) is 4.90 Å². The summed E-state index contributed by atoms with van der Waals surface area (Å²) in [7, 11) is 0. The van der Waals surface area contributed by atoms with E-state index in [1.165, 1.54) is 23.5 Å². The SMILES string of the molecule is NC(=O)c1c(NC(=O)CN2C(=O)c3cc(Cl)c(Cl)cc3C2=O)sc2c1CCCC2. The van der Waals surface area contributed by atoms with Gasteiger partial charge in [-0.25, -0.2) is 0 Å². The van der Waals surface area contributed by atoms with Crippen molar-refractivity contribution >= 4 is 63.2 Å². The number of fused-ring (bicyclic) bond motifs is 2. The molecule has 0 fully saturated rings. The summed E-state index contributed by atoms with van der Waals surface area (Å²) in [4.78, 5) is 51.5. The van der Waals surface area contributed by atoms with Crippen molar-refractivity contribution in [2.75, 3.05) is 11.9 Å². The van der Waals surface area contributed by atoms with Gasteiger partial charge in [0.2, 0.25) is 5.91 Å². The number of carbonyl (C=O) groups is 4. The smallest absolute Gasteiger partial charge is 0.262 e. The monoisotopic (exact) mass is 451 g/mol. The van der Waals surface area contributed by atoms with E-state index in [-0.39, 0.29) is 21.2 Å². The van der Waals surface area contributed by atoms with Crippen LogP contribution < -0.4 is 11.1 Å². The zero-order valence-corrected chi connectivity index (χ0v) is 17.3. The molecule has 0 spiro atoms. The predicted octanol–water partition coefficient (Wildman–Crippen LogP) is 3.27. The number of nitrogens with two attached hydrogens (primary N) is 1. The largest absolute Gasteiger partial charge is 0.365 e. The quantitative estimate of drug-likeness (QED) is 0.694. The molecule has 2 aliphatic rings. The topological polar surface area (TPSA) is 110 Å². The van der Waals surface area contributed by atoms with Crippen molar-refractivity contribution in [1.29, 1.82) is 0 Å². The standard InChI is InChI=1S/C19H15Cl2N3O4S/c20-11-5-9-10(6-12(11)21)19(28)24(18(9)27)7-14(25)23-17-15(16(22)26)8-3-1-2-4-13(8)29-17/h5-6H,1-4,7H2,(H2,22,26)(H,23,25). The maximum atomic E-state index is 12.6. The lowest BCUT2D eigenvalue weighted by atomic mass is 9.95. The van der Waals surface area contributed by atoms with E-state index >= 15 is 0 Å². The van der Waals surface area contributed by atoms with Crippen LogP contribution in [0.2, 0.25) is 10.0 Å². The van der Waals surface area contributed by atoms with Crippen LogP contribution in [0.4, 0.5) is 5.00 Å². The van der Waals surface area contributed by atoms with Gasteiger partial charge in [0.1, 0.15) is 11.5 Å². The van der Waals surface area contributed by atoms with Crippen LogP contribution in [0.1, 0.15) is 54.4 Å². The molecule has 2 heterocycles. The van der Waals surface area contributed by atoms with Crippen molar-refractivity contribution in [3.63, 3.8) is 0 Å².